The summed E-state index contributed by atoms with van der Waals surface area (Å²) in [6.45, 7) is 2.04. The Labute approximate surface area is 185 Å². The smallest absolute Gasteiger partial charge is 0.321 e. The van der Waals surface area contributed by atoms with Crippen molar-refractivity contribution in [3.05, 3.63) is 76.3 Å². The van der Waals surface area contributed by atoms with E-state index in [1.807, 2.05) is 42.5 Å². The number of fused-ring (bicyclic) bond motifs is 1. The molecule has 0 aliphatic carbocycles. The Kier molecular flexibility index (Phi) is 6.11. The van der Waals surface area contributed by atoms with Gasteiger partial charge in [0.15, 0.2) is 0 Å². The summed E-state index contributed by atoms with van der Waals surface area (Å²) in [5.74, 6) is -0.145. The van der Waals surface area contributed by atoms with Crippen LogP contribution in [0.3, 0.4) is 0 Å². The first-order chi connectivity index (χ1) is 14.5. The minimum atomic E-state index is -0.162. The van der Waals surface area contributed by atoms with E-state index in [2.05, 4.69) is 5.32 Å². The second kappa shape index (κ2) is 8.94. The topological polar surface area (TPSA) is 52.7 Å². The molecule has 4 rings (SSSR count). The largest absolute Gasteiger partial charge is 0.337 e. The van der Waals surface area contributed by atoms with E-state index in [9.17, 15) is 9.59 Å². The molecule has 0 aromatic heterocycles. The SMILES string of the molecule is O=C(Nc1cccc2ccccc12)N1CCCN(C(=O)c2ccc(Cl)cc2Cl)CC1. The molecule has 0 spiro atoms. The standard InChI is InChI=1S/C23H21Cl2N3O2/c24-17-9-10-19(20(25)15-17)22(29)27-11-4-12-28(14-13-27)23(30)26-21-8-3-6-16-5-1-2-7-18(16)21/h1-3,5-10,15H,4,11-14H2,(H,26,30). The summed E-state index contributed by atoms with van der Waals surface area (Å²) >= 11 is 12.1. The second-order valence-corrected chi connectivity index (χ2v) is 8.06. The van der Waals surface area contributed by atoms with Gasteiger partial charge in [0.1, 0.15) is 0 Å². The summed E-state index contributed by atoms with van der Waals surface area (Å²) in [5.41, 5.74) is 1.21. The molecule has 3 aromatic rings. The fourth-order valence-electron chi connectivity index (χ4n) is 3.69. The molecule has 0 atom stereocenters. The number of carbonyl (C=O) groups excluding carboxylic acids is 2. The maximum Gasteiger partial charge on any atom is 0.321 e. The number of nitrogens with one attached hydrogen (secondary N) is 1. The van der Waals surface area contributed by atoms with Gasteiger partial charge >= 0.3 is 6.03 Å². The molecule has 0 bridgehead atoms. The highest BCUT2D eigenvalue weighted by Gasteiger charge is 2.24. The average Bonchev–Trinajstić information content (AvgIpc) is 3.00. The third kappa shape index (κ3) is 4.37. The van der Waals surface area contributed by atoms with Gasteiger partial charge < -0.3 is 15.1 Å². The molecule has 5 nitrogen and oxygen atoms in total. The zero-order chi connectivity index (χ0) is 21.1. The summed E-state index contributed by atoms with van der Waals surface area (Å²) < 4.78 is 0. The number of anilines is 1. The Morgan fingerprint density at radius 3 is 2.40 bits per heavy atom. The lowest BCUT2D eigenvalue weighted by Gasteiger charge is -2.23. The molecule has 1 saturated heterocycles. The zero-order valence-corrected chi connectivity index (χ0v) is 17.8. The highest BCUT2D eigenvalue weighted by molar-refractivity contribution is 6.36. The van der Waals surface area contributed by atoms with Crippen molar-refractivity contribution in [2.75, 3.05) is 31.5 Å². The van der Waals surface area contributed by atoms with Crippen molar-refractivity contribution in [2.24, 2.45) is 0 Å². The van der Waals surface area contributed by atoms with Gasteiger partial charge in [0.2, 0.25) is 0 Å². The monoisotopic (exact) mass is 441 g/mol. The number of carbonyl (C=O) groups is 2. The molecule has 30 heavy (non-hydrogen) atoms. The van der Waals surface area contributed by atoms with E-state index in [0.29, 0.717) is 48.2 Å². The van der Waals surface area contributed by atoms with E-state index in [-0.39, 0.29) is 11.9 Å². The lowest BCUT2D eigenvalue weighted by molar-refractivity contribution is 0.0763. The second-order valence-electron chi connectivity index (χ2n) is 7.21. The summed E-state index contributed by atoms with van der Waals surface area (Å²) in [7, 11) is 0. The Morgan fingerprint density at radius 1 is 0.833 bits per heavy atom. The zero-order valence-electron chi connectivity index (χ0n) is 16.3. The van der Waals surface area contributed by atoms with E-state index >= 15 is 0 Å². The molecular weight excluding hydrogens is 421 g/mol. The van der Waals surface area contributed by atoms with Gasteiger partial charge in [-0.15, -0.1) is 0 Å². The van der Waals surface area contributed by atoms with E-state index in [1.54, 1.807) is 28.0 Å². The number of hydrogen-bond donors (Lipinski definition) is 1. The summed E-state index contributed by atoms with van der Waals surface area (Å²) in [5, 5.41) is 5.92. The maximum atomic E-state index is 12.9. The first-order valence-corrected chi connectivity index (χ1v) is 10.6. The van der Waals surface area contributed by atoms with Crippen LogP contribution >= 0.6 is 23.2 Å². The predicted molar refractivity (Wildman–Crippen MR) is 122 cm³/mol. The van der Waals surface area contributed by atoms with E-state index in [0.717, 1.165) is 16.5 Å². The molecular formula is C23H21Cl2N3O2. The highest BCUT2D eigenvalue weighted by Crippen LogP contribution is 2.24. The summed E-state index contributed by atoms with van der Waals surface area (Å²) in [4.78, 5) is 29.2. The summed E-state index contributed by atoms with van der Waals surface area (Å²) in [6.07, 6.45) is 0.694. The Morgan fingerprint density at radius 2 is 1.57 bits per heavy atom. The van der Waals surface area contributed by atoms with Gasteiger partial charge in [-0.1, -0.05) is 59.6 Å². The normalized spacial score (nSPS) is 14.5. The molecule has 1 aliphatic rings. The number of amides is 3. The molecule has 154 valence electrons. The van der Waals surface area contributed by atoms with Gasteiger partial charge in [-0.3, -0.25) is 4.79 Å². The lowest BCUT2D eigenvalue weighted by atomic mass is 10.1. The quantitative estimate of drug-likeness (QED) is 0.568. The van der Waals surface area contributed by atoms with Crippen molar-refractivity contribution < 1.29 is 9.59 Å². The van der Waals surface area contributed by atoms with Gasteiger partial charge in [-0.05, 0) is 36.1 Å². The molecule has 3 aromatic carbocycles. The lowest BCUT2D eigenvalue weighted by Crippen LogP contribution is -2.39. The number of hydrogen-bond acceptors (Lipinski definition) is 2. The van der Waals surface area contributed by atoms with Crippen LogP contribution in [0, 0.1) is 0 Å². The number of benzene rings is 3. The van der Waals surface area contributed by atoms with Crippen molar-refractivity contribution in [1.82, 2.24) is 9.80 Å². The molecule has 0 saturated carbocycles. The van der Waals surface area contributed by atoms with E-state index in [1.165, 1.54) is 0 Å². The minimum absolute atomic E-state index is 0.145. The molecule has 7 heteroatoms. The van der Waals surface area contributed by atoms with Crippen LogP contribution in [-0.2, 0) is 0 Å². The van der Waals surface area contributed by atoms with Crippen LogP contribution in [0.25, 0.3) is 10.8 Å². The maximum absolute atomic E-state index is 12.9. The average molecular weight is 442 g/mol. The Bertz CT molecular complexity index is 1100. The van der Waals surface area contributed by atoms with Gasteiger partial charge in [-0.2, -0.15) is 0 Å². The fraction of sp³-hybridized carbons (Fsp3) is 0.217. The third-order valence-corrected chi connectivity index (χ3v) is 5.81. The molecule has 1 fully saturated rings. The van der Waals surface area contributed by atoms with Gasteiger partial charge in [0, 0.05) is 36.6 Å². The van der Waals surface area contributed by atoms with Crippen LogP contribution < -0.4 is 5.32 Å². The molecule has 3 amide bonds. The highest BCUT2D eigenvalue weighted by atomic mass is 35.5. The van der Waals surface area contributed by atoms with Gasteiger partial charge in [0.25, 0.3) is 5.91 Å². The first-order valence-electron chi connectivity index (χ1n) is 9.81. The molecule has 0 unspecified atom stereocenters. The van der Waals surface area contributed by atoms with Crippen molar-refractivity contribution in [3.63, 3.8) is 0 Å². The Balaban J connectivity index is 1.43. The molecule has 1 heterocycles. The number of urea groups is 1. The van der Waals surface area contributed by atoms with Gasteiger partial charge in [0.05, 0.1) is 16.3 Å². The third-order valence-electron chi connectivity index (χ3n) is 5.26. The number of nitrogens with zero attached hydrogens (tertiary/aromatic N) is 2. The molecule has 0 radical (unpaired) electrons. The van der Waals surface area contributed by atoms with Crippen molar-refractivity contribution >= 4 is 51.6 Å². The van der Waals surface area contributed by atoms with Crippen LogP contribution in [0.4, 0.5) is 10.5 Å². The van der Waals surface area contributed by atoms with Crippen LogP contribution in [-0.4, -0.2) is 47.9 Å². The van der Waals surface area contributed by atoms with Crippen molar-refractivity contribution in [3.8, 4) is 0 Å². The van der Waals surface area contributed by atoms with Crippen LogP contribution in [0.2, 0.25) is 10.0 Å². The molecule has 1 N–H and O–H groups in total. The fourth-order valence-corrected chi connectivity index (χ4v) is 4.17. The van der Waals surface area contributed by atoms with E-state index < -0.39 is 0 Å². The van der Waals surface area contributed by atoms with Crippen molar-refractivity contribution in [1.29, 1.82) is 0 Å². The summed E-state index contributed by atoms with van der Waals surface area (Å²) in [6, 6.07) is 18.5. The first kappa shape index (κ1) is 20.5. The van der Waals surface area contributed by atoms with Crippen molar-refractivity contribution in [2.45, 2.75) is 6.42 Å². The Hall–Kier alpha value is -2.76. The minimum Gasteiger partial charge on any atom is -0.337 e. The number of halogens is 2. The predicted octanol–water partition coefficient (Wildman–Crippen LogP) is 5.53. The van der Waals surface area contributed by atoms with Crippen LogP contribution in [0.15, 0.2) is 60.7 Å². The van der Waals surface area contributed by atoms with Crippen LogP contribution in [0.5, 0.6) is 0 Å². The van der Waals surface area contributed by atoms with E-state index in [4.69, 9.17) is 23.2 Å². The van der Waals surface area contributed by atoms with Gasteiger partial charge in [-0.25, -0.2) is 4.79 Å². The number of rotatable bonds is 2. The molecule has 1 aliphatic heterocycles. The van der Waals surface area contributed by atoms with Crippen LogP contribution in [0.1, 0.15) is 16.8 Å².